The Kier molecular flexibility index (Phi) is 12.9. The fraction of sp³-hybridized carbons (Fsp3) is 0.200. The molecule has 0 radical (unpaired) electrons. The van der Waals surface area contributed by atoms with E-state index in [1.807, 2.05) is 102 Å². The molecule has 78 heavy (non-hydrogen) atoms. The van der Waals surface area contributed by atoms with E-state index in [1.165, 1.54) is 36.4 Å². The van der Waals surface area contributed by atoms with E-state index < -0.39 is 64.4 Å². The topological polar surface area (TPSA) is 212 Å². The first-order valence-corrected chi connectivity index (χ1v) is 25.3. The van der Waals surface area contributed by atoms with Crippen molar-refractivity contribution in [2.24, 2.45) is 5.92 Å². The molecule has 2 N–H and O–H groups in total. The number of carbonyl (C=O) groups is 4. The largest absolute Gasteiger partial charge is 0.508 e. The van der Waals surface area contributed by atoms with Crippen LogP contribution in [0.25, 0.3) is 11.0 Å². The minimum Gasteiger partial charge on any atom is -0.508 e. The maximum atomic E-state index is 16.7. The Hall–Kier alpha value is -9.70. The van der Waals surface area contributed by atoms with Crippen LogP contribution in [0.2, 0.25) is 0 Å². The van der Waals surface area contributed by atoms with Crippen LogP contribution in [-0.4, -0.2) is 86.1 Å². The number of para-hydroxylation sites is 1. The molecule has 8 aromatic rings. The van der Waals surface area contributed by atoms with Crippen LogP contribution in [0.15, 0.2) is 176 Å². The highest BCUT2D eigenvalue weighted by Crippen LogP contribution is 2.66. The monoisotopic (exact) mass is 1040 g/mol. The minimum atomic E-state index is -2.17. The summed E-state index contributed by atoms with van der Waals surface area (Å²) in [5.74, 6) is 2.31. The van der Waals surface area contributed by atoms with E-state index >= 15 is 19.2 Å². The van der Waals surface area contributed by atoms with E-state index in [9.17, 15) is 15.2 Å². The number of aromatic hydroxyl groups is 1. The summed E-state index contributed by atoms with van der Waals surface area (Å²) in [4.78, 5) is 79.3. The number of phenolic OH excluding ortho intramolecular Hbond substituents is 1. The minimum absolute atomic E-state index is 0.0713. The molecule has 6 atom stereocenters. The number of aromatic nitrogens is 3. The third kappa shape index (κ3) is 8.70. The predicted octanol–water partition coefficient (Wildman–Crippen LogP) is 8.57. The summed E-state index contributed by atoms with van der Waals surface area (Å²) in [7, 11) is 0. The normalized spacial score (nSPS) is 21.6. The van der Waals surface area contributed by atoms with Gasteiger partial charge in [-0.3, -0.25) is 29.4 Å². The molecule has 0 aliphatic carbocycles. The smallest absolute Gasteiger partial charge is 0.421 e. The predicted molar refractivity (Wildman–Crippen MR) is 286 cm³/mol. The van der Waals surface area contributed by atoms with E-state index in [-0.39, 0.29) is 35.8 Å². The van der Waals surface area contributed by atoms with E-state index in [1.54, 1.807) is 47.1 Å². The van der Waals surface area contributed by atoms with Crippen LogP contribution in [-0.2, 0) is 47.2 Å². The molecule has 0 saturated carbocycles. The maximum absolute atomic E-state index is 16.7. The molecular formula is C60H48N8O10. The SMILES string of the molecule is O=C1OC(c2ccccc2)C(c2ccccc2)N2C1C(C(=O)Nc1ccc(N3CCOCC3)cc1)C1(C(=O)N(C(=O)OCc3ccc([N+](=O)[O-])cc3)c3ccc(C#CCn4nnc5ccccc54)cc31)C2c1ccc(O)cc1. The van der Waals surface area contributed by atoms with Gasteiger partial charge in [-0.2, -0.15) is 0 Å². The first-order valence-electron chi connectivity index (χ1n) is 25.3. The molecule has 3 amide bonds. The number of hydrogen-bond donors (Lipinski definition) is 2. The second-order valence-electron chi connectivity index (χ2n) is 19.4. The Morgan fingerprint density at radius 3 is 2.21 bits per heavy atom. The van der Waals surface area contributed by atoms with E-state index in [4.69, 9.17) is 14.2 Å². The van der Waals surface area contributed by atoms with Gasteiger partial charge in [0.1, 0.15) is 42.0 Å². The fourth-order valence-corrected chi connectivity index (χ4v) is 11.6. The second kappa shape index (κ2) is 20.4. The Bertz CT molecular complexity index is 3670. The molecule has 12 rings (SSSR count). The molecule has 4 aliphatic rings. The van der Waals surface area contributed by atoms with Gasteiger partial charge in [0.05, 0.1) is 47.3 Å². The first kappa shape index (κ1) is 49.2. The van der Waals surface area contributed by atoms with Crippen LogP contribution >= 0.6 is 0 Å². The van der Waals surface area contributed by atoms with Gasteiger partial charge in [0.25, 0.3) is 5.69 Å². The van der Waals surface area contributed by atoms with Crippen molar-refractivity contribution in [3.8, 4) is 17.6 Å². The van der Waals surface area contributed by atoms with Crippen molar-refractivity contribution < 1.29 is 43.4 Å². The Balaban J connectivity index is 1.06. The van der Waals surface area contributed by atoms with Gasteiger partial charge in [-0.05, 0) is 107 Å². The number of nitro groups is 1. The molecule has 1 aromatic heterocycles. The summed E-state index contributed by atoms with van der Waals surface area (Å²) in [6.07, 6.45) is -2.09. The molecule has 18 nitrogen and oxygen atoms in total. The molecule has 3 fully saturated rings. The van der Waals surface area contributed by atoms with Gasteiger partial charge in [-0.25, -0.2) is 14.4 Å². The number of carbonyl (C=O) groups excluding carboxylic acids is 4. The van der Waals surface area contributed by atoms with Gasteiger partial charge in [0.2, 0.25) is 11.8 Å². The van der Waals surface area contributed by atoms with Crippen LogP contribution in [0.5, 0.6) is 5.75 Å². The molecule has 388 valence electrons. The lowest BCUT2D eigenvalue weighted by Gasteiger charge is -2.46. The average Bonchev–Trinajstić information content (AvgIpc) is 4.18. The van der Waals surface area contributed by atoms with Crippen molar-refractivity contribution in [1.29, 1.82) is 0 Å². The molecule has 18 heteroatoms. The standard InChI is InChI=1S/C60H48N8O10/c69-46-28-20-42(21-29-46)55-60(47-36-38(10-9-31-65-50-16-8-7-15-48(50)62-63-65)19-30-49(47)66(58(60)72)59(73)77-37-39-17-24-45(25-18-39)68(74)75)51(56(70)61-43-22-26-44(27-23-43)64-32-34-76-35-33-64)53-57(71)78-54(41-13-5-2-6-14-41)52(67(53)55)40-11-3-1-4-12-40/h1-8,11-30,36,51-55,69H,31-35,37H2,(H,61,70). The average molecular weight is 1040 g/mol. The number of anilines is 3. The summed E-state index contributed by atoms with van der Waals surface area (Å²) in [6, 6.07) is 46.4. The number of phenols is 1. The number of benzene rings is 7. The highest BCUT2D eigenvalue weighted by Gasteiger charge is 2.76. The quantitative estimate of drug-likeness (QED) is 0.0569. The maximum Gasteiger partial charge on any atom is 0.421 e. The van der Waals surface area contributed by atoms with Crippen LogP contribution < -0.4 is 15.1 Å². The lowest BCUT2D eigenvalue weighted by molar-refractivity contribution is -0.384. The Labute approximate surface area is 446 Å². The van der Waals surface area contributed by atoms with Crippen molar-refractivity contribution in [2.75, 3.05) is 41.4 Å². The first-order chi connectivity index (χ1) is 38.1. The molecule has 6 unspecified atom stereocenters. The number of ether oxygens (including phenoxy) is 3. The van der Waals surface area contributed by atoms with Crippen LogP contribution in [0, 0.1) is 27.9 Å². The van der Waals surface area contributed by atoms with Gasteiger partial charge in [-0.15, -0.1) is 5.10 Å². The number of nitro benzene ring substituents is 1. The van der Waals surface area contributed by atoms with Gasteiger partial charge >= 0.3 is 12.1 Å². The highest BCUT2D eigenvalue weighted by molar-refractivity contribution is 6.24. The molecule has 5 heterocycles. The second-order valence-corrected chi connectivity index (χ2v) is 19.4. The Morgan fingerprint density at radius 2 is 1.49 bits per heavy atom. The van der Waals surface area contributed by atoms with Gasteiger partial charge < -0.3 is 29.5 Å². The number of morpholine rings is 2. The molecule has 3 saturated heterocycles. The van der Waals surface area contributed by atoms with E-state index in [2.05, 4.69) is 32.4 Å². The lowest BCUT2D eigenvalue weighted by atomic mass is 9.65. The zero-order valence-corrected chi connectivity index (χ0v) is 41.6. The number of fused-ring (bicyclic) bond motifs is 4. The fourth-order valence-electron chi connectivity index (χ4n) is 11.6. The Morgan fingerprint density at radius 1 is 0.795 bits per heavy atom. The van der Waals surface area contributed by atoms with Crippen molar-refractivity contribution in [1.82, 2.24) is 19.9 Å². The number of rotatable bonds is 10. The van der Waals surface area contributed by atoms with Crippen molar-refractivity contribution >= 4 is 57.7 Å². The number of amides is 3. The van der Waals surface area contributed by atoms with Crippen molar-refractivity contribution in [3.63, 3.8) is 0 Å². The molecule has 7 aromatic carbocycles. The molecule has 4 aliphatic heterocycles. The highest BCUT2D eigenvalue weighted by atomic mass is 16.6. The van der Waals surface area contributed by atoms with Crippen LogP contribution in [0.1, 0.15) is 51.6 Å². The third-order valence-electron chi connectivity index (χ3n) is 15.0. The number of imide groups is 1. The number of cyclic esters (lactones) is 1. The van der Waals surface area contributed by atoms with Gasteiger partial charge in [-0.1, -0.05) is 102 Å². The van der Waals surface area contributed by atoms with Gasteiger partial charge in [0, 0.05) is 42.2 Å². The van der Waals surface area contributed by atoms with Gasteiger partial charge in [0.15, 0.2) is 0 Å². The molecular weight excluding hydrogens is 993 g/mol. The summed E-state index contributed by atoms with van der Waals surface area (Å²) >= 11 is 0. The summed E-state index contributed by atoms with van der Waals surface area (Å²) < 4.78 is 19.8. The van der Waals surface area contributed by atoms with Crippen molar-refractivity contribution in [3.05, 3.63) is 219 Å². The van der Waals surface area contributed by atoms with Crippen LogP contribution in [0.4, 0.5) is 27.5 Å². The van der Waals surface area contributed by atoms with E-state index in [0.29, 0.717) is 65.3 Å². The summed E-state index contributed by atoms with van der Waals surface area (Å²) in [5.41, 5.74) is 3.27. The number of esters is 1. The number of nitrogens with one attached hydrogen (secondary N) is 1. The van der Waals surface area contributed by atoms with Crippen molar-refractivity contribution in [2.45, 2.75) is 42.8 Å². The molecule has 0 bridgehead atoms. The number of non-ortho nitro benzene ring substituents is 1. The van der Waals surface area contributed by atoms with E-state index in [0.717, 1.165) is 16.1 Å². The third-order valence-corrected chi connectivity index (χ3v) is 15.0. The zero-order chi connectivity index (χ0) is 53.5. The number of nitrogens with zero attached hydrogens (tertiary/aromatic N) is 7. The lowest BCUT2D eigenvalue weighted by Crippen LogP contribution is -2.54. The summed E-state index contributed by atoms with van der Waals surface area (Å²) in [6.45, 7) is 2.24. The summed E-state index contributed by atoms with van der Waals surface area (Å²) in [5, 5.41) is 34.0. The van der Waals surface area contributed by atoms with Crippen LogP contribution in [0.3, 0.4) is 0 Å². The molecule has 1 spiro atoms. The number of hydrogen-bond acceptors (Lipinski definition) is 14. The zero-order valence-electron chi connectivity index (χ0n) is 41.6.